The zero-order valence-electron chi connectivity index (χ0n) is 10.4. The lowest BCUT2D eigenvalue weighted by Crippen LogP contribution is -2.10. The third-order valence-corrected chi connectivity index (χ3v) is 3.26. The minimum Gasteiger partial charge on any atom is -0.493 e. The van der Waals surface area contributed by atoms with E-state index in [0.29, 0.717) is 0 Å². The Morgan fingerprint density at radius 1 is 1.35 bits per heavy atom. The van der Waals surface area contributed by atoms with E-state index in [1.807, 2.05) is 0 Å². The second-order valence-corrected chi connectivity index (χ2v) is 4.57. The molecule has 1 heterocycles. The molecular formula is C14H22ClNO. The Labute approximate surface area is 110 Å². The monoisotopic (exact) mass is 255 g/mol. The topological polar surface area (TPSA) is 35.2 Å². The van der Waals surface area contributed by atoms with E-state index in [4.69, 9.17) is 10.5 Å². The Kier molecular flexibility index (Phi) is 5.79. The van der Waals surface area contributed by atoms with Crippen LogP contribution in [-0.4, -0.2) is 6.61 Å². The lowest BCUT2D eigenvalue weighted by Gasteiger charge is -2.12. The van der Waals surface area contributed by atoms with E-state index in [1.165, 1.54) is 30.4 Å². The van der Waals surface area contributed by atoms with Gasteiger partial charge in [-0.15, -0.1) is 12.4 Å². The highest BCUT2D eigenvalue weighted by Gasteiger charge is 2.14. The first kappa shape index (κ1) is 14.3. The molecule has 0 saturated carbocycles. The second-order valence-electron chi connectivity index (χ2n) is 4.57. The Morgan fingerprint density at radius 2 is 2.18 bits per heavy atom. The highest BCUT2D eigenvalue weighted by molar-refractivity contribution is 5.85. The van der Waals surface area contributed by atoms with E-state index in [-0.39, 0.29) is 18.4 Å². The molecule has 0 spiro atoms. The van der Waals surface area contributed by atoms with Gasteiger partial charge in [0, 0.05) is 12.5 Å². The first-order chi connectivity index (χ1) is 7.81. The molecule has 17 heavy (non-hydrogen) atoms. The van der Waals surface area contributed by atoms with E-state index in [9.17, 15) is 0 Å². The normalized spacial score (nSPS) is 14.7. The van der Waals surface area contributed by atoms with Gasteiger partial charge in [-0.25, -0.2) is 0 Å². The molecule has 96 valence electrons. The van der Waals surface area contributed by atoms with Gasteiger partial charge < -0.3 is 10.5 Å². The van der Waals surface area contributed by atoms with Crippen LogP contribution in [0.3, 0.4) is 0 Å². The predicted octanol–water partition coefficient (Wildman–Crippen LogP) is 3.62. The Hall–Kier alpha value is -0.730. The van der Waals surface area contributed by atoms with Gasteiger partial charge in [0.25, 0.3) is 0 Å². The fraction of sp³-hybridized carbons (Fsp3) is 0.571. The summed E-state index contributed by atoms with van der Waals surface area (Å²) < 4.78 is 5.49. The summed E-state index contributed by atoms with van der Waals surface area (Å²) in [4.78, 5) is 0. The largest absolute Gasteiger partial charge is 0.493 e. The standard InChI is InChI=1S/C14H21NO.ClH/c1-2-3-4-5-13(15)11-6-7-14-12(10-11)8-9-16-14;/h6-7,10,13H,2-5,8-9,15H2,1H3;1H/t13-;/m0./s1. The van der Waals surface area contributed by atoms with Crippen LogP contribution in [0.2, 0.25) is 0 Å². The molecule has 2 N–H and O–H groups in total. The zero-order chi connectivity index (χ0) is 11.4. The molecule has 0 unspecified atom stereocenters. The van der Waals surface area contributed by atoms with E-state index >= 15 is 0 Å². The van der Waals surface area contributed by atoms with Crippen molar-refractivity contribution in [3.8, 4) is 5.75 Å². The van der Waals surface area contributed by atoms with Gasteiger partial charge in [0.15, 0.2) is 0 Å². The number of hydrogen-bond donors (Lipinski definition) is 1. The highest BCUT2D eigenvalue weighted by Crippen LogP contribution is 2.28. The third kappa shape index (κ3) is 3.62. The van der Waals surface area contributed by atoms with Crippen LogP contribution < -0.4 is 10.5 Å². The van der Waals surface area contributed by atoms with Gasteiger partial charge in [0.05, 0.1) is 6.61 Å². The van der Waals surface area contributed by atoms with E-state index in [2.05, 4.69) is 25.1 Å². The summed E-state index contributed by atoms with van der Waals surface area (Å²) in [6.07, 6.45) is 5.89. The average molecular weight is 256 g/mol. The zero-order valence-corrected chi connectivity index (χ0v) is 11.3. The number of halogens is 1. The van der Waals surface area contributed by atoms with Gasteiger partial charge in [-0.05, 0) is 23.6 Å². The molecule has 1 atom stereocenters. The van der Waals surface area contributed by atoms with Gasteiger partial charge in [-0.3, -0.25) is 0 Å². The summed E-state index contributed by atoms with van der Waals surface area (Å²) in [6, 6.07) is 6.59. The molecule has 0 amide bonds. The van der Waals surface area contributed by atoms with Crippen molar-refractivity contribution in [2.45, 2.75) is 45.1 Å². The molecule has 1 aromatic carbocycles. The minimum atomic E-state index is 0. The van der Waals surface area contributed by atoms with Gasteiger partial charge >= 0.3 is 0 Å². The number of rotatable bonds is 5. The predicted molar refractivity (Wildman–Crippen MR) is 74.0 cm³/mol. The lowest BCUT2D eigenvalue weighted by molar-refractivity contribution is 0.357. The maximum Gasteiger partial charge on any atom is 0.122 e. The summed E-state index contributed by atoms with van der Waals surface area (Å²) in [5, 5.41) is 0. The van der Waals surface area contributed by atoms with Crippen LogP contribution in [-0.2, 0) is 6.42 Å². The number of unbranched alkanes of at least 4 members (excludes halogenated alkanes) is 2. The summed E-state index contributed by atoms with van der Waals surface area (Å²) in [7, 11) is 0. The molecule has 0 aliphatic carbocycles. The van der Waals surface area contributed by atoms with Crippen LogP contribution in [0.4, 0.5) is 0 Å². The quantitative estimate of drug-likeness (QED) is 0.816. The summed E-state index contributed by atoms with van der Waals surface area (Å²) in [5.74, 6) is 1.05. The molecule has 3 heteroatoms. The smallest absolute Gasteiger partial charge is 0.122 e. The fourth-order valence-corrected chi connectivity index (χ4v) is 2.22. The van der Waals surface area contributed by atoms with Crippen molar-refractivity contribution in [2.24, 2.45) is 5.73 Å². The minimum absolute atomic E-state index is 0. The lowest BCUT2D eigenvalue weighted by atomic mass is 9.99. The maximum atomic E-state index is 6.19. The molecule has 1 aromatic rings. The molecule has 0 aromatic heterocycles. The number of benzene rings is 1. The van der Waals surface area contributed by atoms with Gasteiger partial charge in [-0.1, -0.05) is 38.3 Å². The van der Waals surface area contributed by atoms with Crippen molar-refractivity contribution in [1.82, 2.24) is 0 Å². The van der Waals surface area contributed by atoms with Crippen molar-refractivity contribution < 1.29 is 4.74 Å². The van der Waals surface area contributed by atoms with Crippen LogP contribution >= 0.6 is 12.4 Å². The van der Waals surface area contributed by atoms with E-state index < -0.39 is 0 Å². The second kappa shape index (κ2) is 6.87. The molecule has 0 saturated heterocycles. The first-order valence-corrected chi connectivity index (χ1v) is 6.32. The van der Waals surface area contributed by atoms with Gasteiger partial charge in [0.2, 0.25) is 0 Å². The van der Waals surface area contributed by atoms with E-state index in [0.717, 1.165) is 25.2 Å². The Morgan fingerprint density at radius 3 is 2.94 bits per heavy atom. The van der Waals surface area contributed by atoms with Crippen LogP contribution in [0, 0.1) is 0 Å². The maximum absolute atomic E-state index is 6.19. The molecule has 2 rings (SSSR count). The third-order valence-electron chi connectivity index (χ3n) is 3.26. The highest BCUT2D eigenvalue weighted by atomic mass is 35.5. The molecule has 2 nitrogen and oxygen atoms in total. The molecule has 1 aliphatic rings. The van der Waals surface area contributed by atoms with Crippen molar-refractivity contribution in [1.29, 1.82) is 0 Å². The summed E-state index contributed by atoms with van der Waals surface area (Å²) in [5.41, 5.74) is 8.78. The molecular weight excluding hydrogens is 234 g/mol. The van der Waals surface area contributed by atoms with Crippen LogP contribution in [0.15, 0.2) is 18.2 Å². The van der Waals surface area contributed by atoms with Crippen molar-refractivity contribution in [3.05, 3.63) is 29.3 Å². The first-order valence-electron chi connectivity index (χ1n) is 6.32. The SMILES string of the molecule is CCCCC[C@H](N)c1ccc2c(c1)CCO2.Cl. The van der Waals surface area contributed by atoms with Crippen molar-refractivity contribution in [3.63, 3.8) is 0 Å². The summed E-state index contributed by atoms with van der Waals surface area (Å²) >= 11 is 0. The van der Waals surface area contributed by atoms with E-state index in [1.54, 1.807) is 0 Å². The number of fused-ring (bicyclic) bond motifs is 1. The van der Waals surface area contributed by atoms with Crippen molar-refractivity contribution in [2.75, 3.05) is 6.61 Å². The van der Waals surface area contributed by atoms with Gasteiger partial charge in [-0.2, -0.15) is 0 Å². The molecule has 0 bridgehead atoms. The van der Waals surface area contributed by atoms with Gasteiger partial charge in [0.1, 0.15) is 5.75 Å². The Bertz CT molecular complexity index is 354. The number of hydrogen-bond acceptors (Lipinski definition) is 2. The van der Waals surface area contributed by atoms with Crippen molar-refractivity contribution >= 4 is 12.4 Å². The number of nitrogens with two attached hydrogens (primary N) is 1. The fourth-order valence-electron chi connectivity index (χ4n) is 2.22. The number of ether oxygens (including phenoxy) is 1. The van der Waals surface area contributed by atoms with Crippen LogP contribution in [0.5, 0.6) is 5.75 Å². The van der Waals surface area contributed by atoms with Crippen LogP contribution in [0.1, 0.15) is 49.8 Å². The molecule has 1 aliphatic heterocycles. The summed E-state index contributed by atoms with van der Waals surface area (Å²) in [6.45, 7) is 3.04. The molecule has 0 fully saturated rings. The average Bonchev–Trinajstić information content (AvgIpc) is 2.76. The molecule has 0 radical (unpaired) electrons. The Balaban J connectivity index is 0.00000144. The van der Waals surface area contributed by atoms with Crippen LogP contribution in [0.25, 0.3) is 0 Å².